The van der Waals surface area contributed by atoms with Gasteiger partial charge in [-0.15, -0.1) is 11.3 Å². The van der Waals surface area contributed by atoms with Crippen molar-refractivity contribution in [1.82, 2.24) is 0 Å². The van der Waals surface area contributed by atoms with Crippen molar-refractivity contribution in [3.63, 3.8) is 0 Å². The molecule has 0 aliphatic rings. The molecule has 0 N–H and O–H groups in total. The van der Waals surface area contributed by atoms with Gasteiger partial charge in [-0.1, -0.05) is 17.7 Å². The summed E-state index contributed by atoms with van der Waals surface area (Å²) in [6.45, 7) is 0. The lowest BCUT2D eigenvalue weighted by atomic mass is 10.1. The number of Topliss-reactive ketones (excluding diaryl/α,β-unsaturated/α-hetero) is 1. The topological polar surface area (TPSA) is 17.1 Å². The van der Waals surface area contributed by atoms with Crippen LogP contribution in [0.4, 0.5) is 4.39 Å². The highest BCUT2D eigenvalue weighted by Crippen LogP contribution is 2.18. The molecule has 2 aromatic rings. The van der Waals surface area contributed by atoms with E-state index in [0.717, 1.165) is 4.88 Å². The minimum Gasteiger partial charge on any atom is -0.294 e. The van der Waals surface area contributed by atoms with Gasteiger partial charge in [0.05, 0.1) is 5.02 Å². The second-order valence-electron chi connectivity index (χ2n) is 3.63. The van der Waals surface area contributed by atoms with Crippen LogP contribution in [0.3, 0.4) is 0 Å². The smallest absolute Gasteiger partial charge is 0.163 e. The van der Waals surface area contributed by atoms with Crippen molar-refractivity contribution in [3.8, 4) is 0 Å². The van der Waals surface area contributed by atoms with Gasteiger partial charge in [-0.3, -0.25) is 4.79 Å². The zero-order valence-corrected chi connectivity index (χ0v) is 10.5. The number of rotatable bonds is 4. The molecular formula is C13H10ClFOS. The number of ketones is 1. The summed E-state index contributed by atoms with van der Waals surface area (Å²) in [6.07, 6.45) is 1.09. The average Bonchev–Trinajstić information content (AvgIpc) is 2.82. The van der Waals surface area contributed by atoms with E-state index in [4.69, 9.17) is 11.6 Å². The highest BCUT2D eigenvalue weighted by Gasteiger charge is 2.09. The fourth-order valence-corrected chi connectivity index (χ4v) is 2.33. The van der Waals surface area contributed by atoms with Crippen LogP contribution in [-0.4, -0.2) is 5.78 Å². The zero-order valence-electron chi connectivity index (χ0n) is 8.95. The summed E-state index contributed by atoms with van der Waals surface area (Å²) < 4.78 is 13.2. The largest absolute Gasteiger partial charge is 0.294 e. The molecule has 1 nitrogen and oxygen atoms in total. The third kappa shape index (κ3) is 3.14. The van der Waals surface area contributed by atoms with Crippen LogP contribution in [0.2, 0.25) is 5.02 Å². The highest BCUT2D eigenvalue weighted by molar-refractivity contribution is 7.09. The van der Waals surface area contributed by atoms with Crippen LogP contribution in [0, 0.1) is 5.82 Å². The molecule has 0 radical (unpaired) electrons. The van der Waals surface area contributed by atoms with E-state index in [0.29, 0.717) is 18.4 Å². The van der Waals surface area contributed by atoms with Gasteiger partial charge >= 0.3 is 0 Å². The van der Waals surface area contributed by atoms with Crippen molar-refractivity contribution < 1.29 is 9.18 Å². The molecule has 1 aromatic heterocycles. The number of halogens is 2. The normalized spacial score (nSPS) is 10.5. The van der Waals surface area contributed by atoms with Crippen molar-refractivity contribution in [1.29, 1.82) is 0 Å². The van der Waals surface area contributed by atoms with Crippen LogP contribution in [0.15, 0.2) is 35.7 Å². The molecule has 1 aromatic carbocycles. The second-order valence-corrected chi connectivity index (χ2v) is 5.07. The van der Waals surface area contributed by atoms with Crippen molar-refractivity contribution >= 4 is 28.7 Å². The van der Waals surface area contributed by atoms with Gasteiger partial charge in [-0.2, -0.15) is 0 Å². The molecule has 17 heavy (non-hydrogen) atoms. The quantitative estimate of drug-likeness (QED) is 0.753. The maximum atomic E-state index is 13.2. The van der Waals surface area contributed by atoms with Crippen LogP contribution in [0.5, 0.6) is 0 Å². The van der Waals surface area contributed by atoms with Crippen molar-refractivity contribution in [2.24, 2.45) is 0 Å². The number of hydrogen-bond donors (Lipinski definition) is 0. The van der Waals surface area contributed by atoms with E-state index in [1.807, 2.05) is 17.5 Å². The van der Waals surface area contributed by atoms with Gasteiger partial charge in [0.15, 0.2) is 5.78 Å². The molecule has 88 valence electrons. The Morgan fingerprint density at radius 1 is 1.35 bits per heavy atom. The fraction of sp³-hybridized carbons (Fsp3) is 0.154. The second kappa shape index (κ2) is 5.43. The summed E-state index contributed by atoms with van der Waals surface area (Å²) >= 11 is 7.18. The van der Waals surface area contributed by atoms with Gasteiger partial charge in [-0.05, 0) is 36.1 Å². The van der Waals surface area contributed by atoms with Crippen molar-refractivity contribution in [2.45, 2.75) is 12.8 Å². The van der Waals surface area contributed by atoms with Gasteiger partial charge in [0.2, 0.25) is 0 Å². The van der Waals surface area contributed by atoms with Crippen LogP contribution in [0.25, 0.3) is 0 Å². The number of hydrogen-bond acceptors (Lipinski definition) is 2. The van der Waals surface area contributed by atoms with E-state index in [2.05, 4.69) is 0 Å². The molecular weight excluding hydrogens is 259 g/mol. The van der Waals surface area contributed by atoms with E-state index < -0.39 is 5.82 Å². The lowest BCUT2D eigenvalue weighted by Crippen LogP contribution is -2.01. The van der Waals surface area contributed by atoms with Crippen molar-refractivity contribution in [3.05, 3.63) is 57.0 Å². The molecule has 0 aliphatic carbocycles. The Labute approximate surface area is 108 Å². The third-order valence-corrected chi connectivity index (χ3v) is 3.66. The summed E-state index contributed by atoms with van der Waals surface area (Å²) in [5, 5.41) is 2.02. The van der Waals surface area contributed by atoms with E-state index in [1.165, 1.54) is 12.1 Å². The Morgan fingerprint density at radius 3 is 2.82 bits per heavy atom. The first-order chi connectivity index (χ1) is 8.16. The number of carbonyl (C=O) groups is 1. The summed E-state index contributed by atoms with van der Waals surface area (Å²) in [6, 6.07) is 8.10. The standard InChI is InChI=1S/C13H10ClFOS/c14-11-5-3-9(8-12(11)15)13(16)6-4-10-2-1-7-17-10/h1-3,5,7-8H,4,6H2. The molecule has 0 spiro atoms. The maximum absolute atomic E-state index is 13.2. The van der Waals surface area contributed by atoms with E-state index in [9.17, 15) is 9.18 Å². The lowest BCUT2D eigenvalue weighted by Gasteiger charge is -2.01. The predicted octanol–water partition coefficient (Wildman–Crippen LogP) is 4.36. The molecule has 0 aliphatic heterocycles. The van der Waals surface area contributed by atoms with Crippen LogP contribution in [0.1, 0.15) is 21.7 Å². The Kier molecular flexibility index (Phi) is 3.92. The first-order valence-electron chi connectivity index (χ1n) is 5.17. The Balaban J connectivity index is 2.02. The van der Waals surface area contributed by atoms with Crippen LogP contribution >= 0.6 is 22.9 Å². The summed E-state index contributed by atoms with van der Waals surface area (Å²) in [4.78, 5) is 13.0. The minimum absolute atomic E-state index is 0.0415. The number of aryl methyl sites for hydroxylation is 1. The zero-order chi connectivity index (χ0) is 12.3. The van der Waals surface area contributed by atoms with E-state index >= 15 is 0 Å². The Hall–Kier alpha value is -1.19. The van der Waals surface area contributed by atoms with Gasteiger partial charge in [-0.25, -0.2) is 4.39 Å². The van der Waals surface area contributed by atoms with E-state index in [1.54, 1.807) is 17.4 Å². The molecule has 0 saturated carbocycles. The van der Waals surface area contributed by atoms with Gasteiger partial charge in [0, 0.05) is 16.9 Å². The number of thiophene rings is 1. The van der Waals surface area contributed by atoms with Gasteiger partial charge < -0.3 is 0 Å². The number of carbonyl (C=O) groups excluding carboxylic acids is 1. The summed E-state index contributed by atoms with van der Waals surface area (Å²) in [5.41, 5.74) is 0.378. The van der Waals surface area contributed by atoms with Crippen LogP contribution in [-0.2, 0) is 6.42 Å². The Morgan fingerprint density at radius 2 is 2.18 bits per heavy atom. The molecule has 0 unspecified atom stereocenters. The van der Waals surface area contributed by atoms with Crippen molar-refractivity contribution in [2.75, 3.05) is 0 Å². The molecule has 2 rings (SSSR count). The SMILES string of the molecule is O=C(CCc1cccs1)c1ccc(Cl)c(F)c1. The highest BCUT2D eigenvalue weighted by atomic mass is 35.5. The van der Waals surface area contributed by atoms with Gasteiger partial charge in [0.25, 0.3) is 0 Å². The molecule has 0 saturated heterocycles. The first-order valence-corrected chi connectivity index (χ1v) is 6.43. The third-order valence-electron chi connectivity index (χ3n) is 2.42. The molecule has 0 bridgehead atoms. The summed E-state index contributed by atoms with van der Waals surface area (Å²) in [7, 11) is 0. The molecule has 4 heteroatoms. The monoisotopic (exact) mass is 268 g/mol. The maximum Gasteiger partial charge on any atom is 0.163 e. The Bertz CT molecular complexity index is 522. The van der Waals surface area contributed by atoms with E-state index in [-0.39, 0.29) is 10.8 Å². The average molecular weight is 269 g/mol. The number of benzene rings is 1. The summed E-state index contributed by atoms with van der Waals surface area (Å²) in [5.74, 6) is -0.609. The molecule has 0 atom stereocenters. The van der Waals surface area contributed by atoms with Crippen LogP contribution < -0.4 is 0 Å². The lowest BCUT2D eigenvalue weighted by molar-refractivity contribution is 0.0982. The molecule has 0 fully saturated rings. The first kappa shape index (κ1) is 12.3. The van der Waals surface area contributed by atoms with Gasteiger partial charge in [0.1, 0.15) is 5.82 Å². The molecule has 0 amide bonds. The minimum atomic E-state index is -0.548. The fourth-order valence-electron chi connectivity index (χ4n) is 1.51. The predicted molar refractivity (Wildman–Crippen MR) is 68.4 cm³/mol. The molecule has 1 heterocycles.